The third-order valence-electron chi connectivity index (χ3n) is 1.98. The van der Waals surface area contributed by atoms with Crippen LogP contribution in [0.3, 0.4) is 0 Å². The Hall–Kier alpha value is -1.01. The summed E-state index contributed by atoms with van der Waals surface area (Å²) in [6, 6.07) is 6.23. The van der Waals surface area contributed by atoms with Crippen LogP contribution in [0.5, 0.6) is 5.75 Å². The number of nitrogens with two attached hydrogens (primary N) is 1. The monoisotopic (exact) mass is 283 g/mol. The lowest BCUT2D eigenvalue weighted by molar-refractivity contribution is -0.161. The van der Waals surface area contributed by atoms with Crippen LogP contribution in [-0.2, 0) is 0 Å². The summed E-state index contributed by atoms with van der Waals surface area (Å²) in [7, 11) is 0. The first-order valence-corrected chi connectivity index (χ1v) is 5.34. The van der Waals surface area contributed by atoms with Crippen molar-refractivity contribution in [2.24, 2.45) is 11.7 Å². The molecule has 0 aliphatic rings. The van der Waals surface area contributed by atoms with E-state index in [4.69, 9.17) is 22.1 Å². The van der Waals surface area contributed by atoms with Gasteiger partial charge >= 0.3 is 6.18 Å². The Morgan fingerprint density at radius 1 is 1.41 bits per heavy atom. The first-order chi connectivity index (χ1) is 7.82. The van der Waals surface area contributed by atoms with Crippen molar-refractivity contribution in [1.82, 2.24) is 0 Å². The fraction of sp³-hybridized carbons (Fsp3) is 0.300. The number of hydrogen-bond donors (Lipinski definition) is 1. The molecule has 0 aromatic heterocycles. The summed E-state index contributed by atoms with van der Waals surface area (Å²) in [6.07, 6.45) is -4.52. The van der Waals surface area contributed by atoms with Gasteiger partial charge < -0.3 is 10.5 Å². The van der Waals surface area contributed by atoms with E-state index < -0.39 is 23.7 Å². The summed E-state index contributed by atoms with van der Waals surface area (Å²) in [5.41, 5.74) is 5.02. The highest BCUT2D eigenvalue weighted by Crippen LogP contribution is 2.29. The van der Waals surface area contributed by atoms with Crippen molar-refractivity contribution in [3.63, 3.8) is 0 Å². The highest BCUT2D eigenvalue weighted by Gasteiger charge is 2.42. The lowest BCUT2D eigenvalue weighted by Crippen LogP contribution is -2.38. The number of benzene rings is 1. The molecule has 0 fully saturated rings. The number of ether oxygens (including phenoxy) is 1. The summed E-state index contributed by atoms with van der Waals surface area (Å²) < 4.78 is 42.4. The molecule has 1 rings (SSSR count). The maximum absolute atomic E-state index is 12.5. The van der Waals surface area contributed by atoms with Gasteiger partial charge in [0.05, 0.1) is 10.0 Å². The molecule has 1 unspecified atom stereocenters. The Balaban J connectivity index is 2.72. The Bertz CT molecular complexity index is 411. The largest absolute Gasteiger partial charge is 0.491 e. The van der Waals surface area contributed by atoms with Crippen molar-refractivity contribution in [2.75, 3.05) is 6.61 Å². The maximum Gasteiger partial charge on any atom is 0.401 e. The van der Waals surface area contributed by atoms with Crippen LogP contribution in [-0.4, -0.2) is 17.8 Å². The van der Waals surface area contributed by atoms with Crippen LogP contribution in [0.25, 0.3) is 0 Å². The van der Waals surface area contributed by atoms with Crippen molar-refractivity contribution in [2.45, 2.75) is 6.18 Å². The van der Waals surface area contributed by atoms with E-state index in [1.807, 2.05) is 0 Å². The fourth-order valence-corrected chi connectivity index (χ4v) is 1.46. The van der Waals surface area contributed by atoms with Crippen LogP contribution in [0, 0.1) is 5.92 Å². The molecule has 2 nitrogen and oxygen atoms in total. The Morgan fingerprint density at radius 2 is 2.00 bits per heavy atom. The zero-order valence-corrected chi connectivity index (χ0v) is 10.1. The molecule has 0 bridgehead atoms. The van der Waals surface area contributed by atoms with Gasteiger partial charge in [0.1, 0.15) is 18.3 Å². The van der Waals surface area contributed by atoms with Crippen LogP contribution >= 0.6 is 23.8 Å². The summed E-state index contributed by atoms with van der Waals surface area (Å²) in [4.78, 5) is -0.649. The average Bonchev–Trinajstić information content (AvgIpc) is 2.18. The summed E-state index contributed by atoms with van der Waals surface area (Å²) in [6.45, 7) is -0.678. The van der Waals surface area contributed by atoms with Crippen LogP contribution in [0.1, 0.15) is 0 Å². The van der Waals surface area contributed by atoms with Crippen molar-refractivity contribution in [1.29, 1.82) is 0 Å². The zero-order valence-electron chi connectivity index (χ0n) is 8.50. The number of thiocarbonyl (C=S) groups is 1. The van der Waals surface area contributed by atoms with E-state index in [1.165, 1.54) is 12.1 Å². The van der Waals surface area contributed by atoms with Crippen LogP contribution in [0.4, 0.5) is 13.2 Å². The molecular formula is C10H9ClF3NOS. The van der Waals surface area contributed by atoms with Crippen molar-refractivity contribution < 1.29 is 17.9 Å². The molecule has 17 heavy (non-hydrogen) atoms. The van der Waals surface area contributed by atoms with Gasteiger partial charge in [-0.25, -0.2) is 0 Å². The maximum atomic E-state index is 12.5. The molecule has 0 aliphatic carbocycles. The summed E-state index contributed by atoms with van der Waals surface area (Å²) >= 11 is 10.1. The molecule has 1 aromatic rings. The van der Waals surface area contributed by atoms with Crippen LogP contribution in [0.15, 0.2) is 24.3 Å². The lowest BCUT2D eigenvalue weighted by Gasteiger charge is -2.19. The number of halogens is 4. The van der Waals surface area contributed by atoms with Gasteiger partial charge in [-0.1, -0.05) is 36.0 Å². The van der Waals surface area contributed by atoms with E-state index in [-0.39, 0.29) is 10.8 Å². The van der Waals surface area contributed by atoms with Crippen LogP contribution in [0.2, 0.25) is 5.02 Å². The zero-order chi connectivity index (χ0) is 13.1. The number of para-hydroxylation sites is 1. The predicted octanol–water partition coefficient (Wildman–Crippen LogP) is 3.18. The first-order valence-electron chi connectivity index (χ1n) is 4.55. The van der Waals surface area contributed by atoms with Gasteiger partial charge in [0.25, 0.3) is 0 Å². The minimum atomic E-state index is -4.52. The number of hydrogen-bond acceptors (Lipinski definition) is 2. The minimum Gasteiger partial charge on any atom is -0.491 e. The number of alkyl halides is 3. The van der Waals surface area contributed by atoms with E-state index in [9.17, 15) is 13.2 Å². The van der Waals surface area contributed by atoms with Gasteiger partial charge in [-0.3, -0.25) is 0 Å². The fourth-order valence-electron chi connectivity index (χ4n) is 1.07. The SMILES string of the molecule is NC(=S)C(COc1ccccc1Cl)C(F)(F)F. The molecule has 0 amide bonds. The third-order valence-corrected chi connectivity index (χ3v) is 2.58. The van der Waals surface area contributed by atoms with Gasteiger partial charge in [-0.15, -0.1) is 0 Å². The highest BCUT2D eigenvalue weighted by molar-refractivity contribution is 7.80. The molecular weight excluding hydrogens is 275 g/mol. The Labute approximate surface area is 107 Å². The van der Waals surface area contributed by atoms with Gasteiger partial charge in [-0.2, -0.15) is 13.2 Å². The van der Waals surface area contributed by atoms with Crippen molar-refractivity contribution >= 4 is 28.8 Å². The quantitative estimate of drug-likeness (QED) is 0.862. The second kappa shape index (κ2) is 5.55. The highest BCUT2D eigenvalue weighted by atomic mass is 35.5. The normalized spacial score (nSPS) is 13.2. The van der Waals surface area contributed by atoms with E-state index in [1.54, 1.807) is 12.1 Å². The molecule has 7 heteroatoms. The van der Waals surface area contributed by atoms with Gasteiger partial charge in [-0.05, 0) is 12.1 Å². The Kier molecular flexibility index (Phi) is 4.59. The van der Waals surface area contributed by atoms with E-state index >= 15 is 0 Å². The molecule has 0 aliphatic heterocycles. The third kappa shape index (κ3) is 4.05. The minimum absolute atomic E-state index is 0.166. The Morgan fingerprint density at radius 3 is 2.47 bits per heavy atom. The molecule has 0 radical (unpaired) electrons. The summed E-state index contributed by atoms with van der Waals surface area (Å²) in [5.74, 6) is -1.81. The van der Waals surface area contributed by atoms with Gasteiger partial charge in [0.2, 0.25) is 0 Å². The predicted molar refractivity (Wildman–Crippen MR) is 63.3 cm³/mol. The first kappa shape index (κ1) is 14.1. The van der Waals surface area contributed by atoms with Gasteiger partial charge in [0, 0.05) is 0 Å². The van der Waals surface area contributed by atoms with E-state index in [0.717, 1.165) is 0 Å². The number of rotatable bonds is 4. The summed E-state index contributed by atoms with van der Waals surface area (Å²) in [5, 5.41) is 0.233. The van der Waals surface area contributed by atoms with E-state index in [0.29, 0.717) is 0 Å². The molecule has 1 atom stereocenters. The molecule has 0 saturated carbocycles. The molecule has 94 valence electrons. The molecule has 1 aromatic carbocycles. The molecule has 0 saturated heterocycles. The average molecular weight is 284 g/mol. The smallest absolute Gasteiger partial charge is 0.401 e. The molecule has 0 heterocycles. The second-order valence-corrected chi connectivity index (χ2v) is 4.12. The second-order valence-electron chi connectivity index (χ2n) is 3.24. The van der Waals surface area contributed by atoms with E-state index in [2.05, 4.69) is 12.2 Å². The van der Waals surface area contributed by atoms with Crippen LogP contribution < -0.4 is 10.5 Å². The van der Waals surface area contributed by atoms with Crippen molar-refractivity contribution in [3.05, 3.63) is 29.3 Å². The standard InChI is InChI=1S/C10H9ClF3NOS/c11-7-3-1-2-4-8(7)16-5-6(9(15)17)10(12,13)14/h1-4,6H,5H2,(H2,15,17). The van der Waals surface area contributed by atoms with Gasteiger partial charge in [0.15, 0.2) is 0 Å². The molecule has 0 spiro atoms. The molecule has 2 N–H and O–H groups in total. The van der Waals surface area contributed by atoms with Crippen molar-refractivity contribution in [3.8, 4) is 5.75 Å². The topological polar surface area (TPSA) is 35.2 Å². The lowest BCUT2D eigenvalue weighted by atomic mass is 10.1.